The average Bonchev–Trinajstić information content (AvgIpc) is 2.26. The Hall–Kier alpha value is -0.930. The topological polar surface area (TPSA) is 53.4 Å². The van der Waals surface area contributed by atoms with Gasteiger partial charge in [-0.2, -0.15) is 0 Å². The van der Waals surface area contributed by atoms with E-state index >= 15 is 0 Å². The van der Waals surface area contributed by atoms with Gasteiger partial charge in [0.2, 0.25) is 0 Å². The van der Waals surface area contributed by atoms with Crippen LogP contribution in [0.4, 0.5) is 0 Å². The number of aryl methyl sites for hydroxylation is 1. The number of aliphatic hydroxyl groups excluding tert-OH is 2. The van der Waals surface area contributed by atoms with E-state index in [1.54, 1.807) is 12.4 Å². The number of hydrogen-bond acceptors (Lipinski definition) is 3. The summed E-state index contributed by atoms with van der Waals surface area (Å²) in [6.45, 7) is 1.86. The lowest BCUT2D eigenvalue weighted by atomic mass is 10.0. The molecule has 1 aromatic heterocycles. The van der Waals surface area contributed by atoms with Crippen LogP contribution in [0, 0.1) is 0 Å². The lowest BCUT2D eigenvalue weighted by molar-refractivity contribution is 0.0130. The molecule has 0 aliphatic rings. The van der Waals surface area contributed by atoms with Crippen LogP contribution in [0.2, 0.25) is 0 Å². The van der Waals surface area contributed by atoms with E-state index in [0.717, 1.165) is 12.0 Å². The highest BCUT2D eigenvalue weighted by Crippen LogP contribution is 2.08. The first kappa shape index (κ1) is 11.1. The number of aromatic nitrogens is 1. The predicted molar refractivity (Wildman–Crippen MR) is 54.9 cm³/mol. The van der Waals surface area contributed by atoms with Crippen LogP contribution >= 0.6 is 0 Å². The summed E-state index contributed by atoms with van der Waals surface area (Å²) in [4.78, 5) is 3.98. The van der Waals surface area contributed by atoms with Gasteiger partial charge in [-0.3, -0.25) is 4.98 Å². The third-order valence-corrected chi connectivity index (χ3v) is 2.31. The van der Waals surface area contributed by atoms with Crippen molar-refractivity contribution in [3.8, 4) is 0 Å². The molecule has 0 saturated carbocycles. The maximum Gasteiger partial charge on any atom is 0.0802 e. The van der Waals surface area contributed by atoms with E-state index in [0.29, 0.717) is 12.8 Å². The van der Waals surface area contributed by atoms with Crippen LogP contribution < -0.4 is 0 Å². The average molecular weight is 195 g/mol. The Morgan fingerprint density at radius 3 is 2.71 bits per heavy atom. The van der Waals surface area contributed by atoms with Gasteiger partial charge < -0.3 is 10.2 Å². The molecule has 0 saturated heterocycles. The van der Waals surface area contributed by atoms with E-state index in [1.807, 2.05) is 19.1 Å². The minimum atomic E-state index is -0.625. The molecule has 14 heavy (non-hydrogen) atoms. The number of nitrogens with zero attached hydrogens (tertiary/aromatic N) is 1. The summed E-state index contributed by atoms with van der Waals surface area (Å²) in [6, 6.07) is 3.84. The maximum atomic E-state index is 9.51. The SMILES string of the molecule is CCC(O)C(O)CCc1cccnc1. The van der Waals surface area contributed by atoms with Gasteiger partial charge in [0.15, 0.2) is 0 Å². The lowest BCUT2D eigenvalue weighted by Gasteiger charge is -2.15. The van der Waals surface area contributed by atoms with Crippen molar-refractivity contribution in [2.45, 2.75) is 38.4 Å². The van der Waals surface area contributed by atoms with Crippen molar-refractivity contribution in [1.82, 2.24) is 4.98 Å². The van der Waals surface area contributed by atoms with Gasteiger partial charge in [-0.05, 0) is 30.9 Å². The van der Waals surface area contributed by atoms with Gasteiger partial charge in [0.05, 0.1) is 12.2 Å². The summed E-state index contributed by atoms with van der Waals surface area (Å²) >= 11 is 0. The molecule has 3 nitrogen and oxygen atoms in total. The van der Waals surface area contributed by atoms with E-state index in [2.05, 4.69) is 4.98 Å². The van der Waals surface area contributed by atoms with Crippen molar-refractivity contribution >= 4 is 0 Å². The molecule has 3 heteroatoms. The second-order valence-electron chi connectivity index (χ2n) is 3.44. The van der Waals surface area contributed by atoms with Crippen molar-refractivity contribution in [1.29, 1.82) is 0 Å². The number of aliphatic hydroxyl groups is 2. The van der Waals surface area contributed by atoms with Crippen LogP contribution in [0.3, 0.4) is 0 Å². The molecule has 0 aliphatic heterocycles. The zero-order valence-corrected chi connectivity index (χ0v) is 8.43. The third kappa shape index (κ3) is 3.44. The Labute approximate surface area is 84.4 Å². The van der Waals surface area contributed by atoms with E-state index in [-0.39, 0.29) is 0 Å². The monoisotopic (exact) mass is 195 g/mol. The summed E-state index contributed by atoms with van der Waals surface area (Å²) in [6.07, 6.45) is 4.21. The molecule has 0 aromatic carbocycles. The molecular weight excluding hydrogens is 178 g/mol. The minimum Gasteiger partial charge on any atom is -0.390 e. The Morgan fingerprint density at radius 2 is 2.14 bits per heavy atom. The van der Waals surface area contributed by atoms with Crippen molar-refractivity contribution in [2.75, 3.05) is 0 Å². The van der Waals surface area contributed by atoms with Gasteiger partial charge in [0, 0.05) is 12.4 Å². The van der Waals surface area contributed by atoms with Crippen LogP contribution in [-0.4, -0.2) is 27.4 Å². The van der Waals surface area contributed by atoms with Crippen molar-refractivity contribution < 1.29 is 10.2 Å². The van der Waals surface area contributed by atoms with Crippen LogP contribution in [0.25, 0.3) is 0 Å². The normalized spacial score (nSPS) is 15.1. The molecule has 1 heterocycles. The maximum absolute atomic E-state index is 9.51. The van der Waals surface area contributed by atoms with Crippen molar-refractivity contribution in [3.05, 3.63) is 30.1 Å². The summed E-state index contributed by atoms with van der Waals surface area (Å²) < 4.78 is 0. The molecular formula is C11H17NO2. The molecule has 0 bridgehead atoms. The van der Waals surface area contributed by atoms with Gasteiger partial charge >= 0.3 is 0 Å². The Bertz CT molecular complexity index is 251. The molecule has 2 N–H and O–H groups in total. The highest BCUT2D eigenvalue weighted by Gasteiger charge is 2.13. The molecule has 2 atom stereocenters. The highest BCUT2D eigenvalue weighted by atomic mass is 16.3. The van der Waals surface area contributed by atoms with Gasteiger partial charge in [-0.25, -0.2) is 0 Å². The van der Waals surface area contributed by atoms with Gasteiger partial charge in [-0.15, -0.1) is 0 Å². The molecule has 0 fully saturated rings. The van der Waals surface area contributed by atoms with E-state index < -0.39 is 12.2 Å². The van der Waals surface area contributed by atoms with Gasteiger partial charge in [0.25, 0.3) is 0 Å². The smallest absolute Gasteiger partial charge is 0.0802 e. The predicted octanol–water partition coefficient (Wildman–Crippen LogP) is 1.15. The fourth-order valence-electron chi connectivity index (χ4n) is 1.33. The number of hydrogen-bond donors (Lipinski definition) is 2. The summed E-state index contributed by atoms with van der Waals surface area (Å²) in [5.74, 6) is 0. The van der Waals surface area contributed by atoms with Crippen LogP contribution in [0.15, 0.2) is 24.5 Å². The Kier molecular flexibility index (Phi) is 4.56. The fourth-order valence-corrected chi connectivity index (χ4v) is 1.33. The third-order valence-electron chi connectivity index (χ3n) is 2.31. The van der Waals surface area contributed by atoms with Crippen LogP contribution in [0.1, 0.15) is 25.3 Å². The van der Waals surface area contributed by atoms with E-state index in [1.165, 1.54) is 0 Å². The summed E-state index contributed by atoms with van der Waals surface area (Å²) in [5.41, 5.74) is 1.09. The molecule has 78 valence electrons. The molecule has 0 aliphatic carbocycles. The zero-order chi connectivity index (χ0) is 10.4. The van der Waals surface area contributed by atoms with Crippen molar-refractivity contribution in [2.24, 2.45) is 0 Å². The van der Waals surface area contributed by atoms with Crippen LogP contribution in [0.5, 0.6) is 0 Å². The first-order valence-electron chi connectivity index (χ1n) is 4.99. The van der Waals surface area contributed by atoms with Crippen molar-refractivity contribution in [3.63, 3.8) is 0 Å². The lowest BCUT2D eigenvalue weighted by Crippen LogP contribution is -2.25. The first-order chi connectivity index (χ1) is 6.74. The second kappa shape index (κ2) is 5.73. The largest absolute Gasteiger partial charge is 0.390 e. The van der Waals surface area contributed by atoms with Gasteiger partial charge in [-0.1, -0.05) is 13.0 Å². The highest BCUT2D eigenvalue weighted by molar-refractivity contribution is 5.08. The molecule has 1 rings (SSSR count). The molecule has 2 unspecified atom stereocenters. The zero-order valence-electron chi connectivity index (χ0n) is 8.43. The Morgan fingerprint density at radius 1 is 1.36 bits per heavy atom. The first-order valence-corrected chi connectivity index (χ1v) is 4.99. The van der Waals surface area contributed by atoms with E-state index in [9.17, 15) is 10.2 Å². The van der Waals surface area contributed by atoms with E-state index in [4.69, 9.17) is 0 Å². The Balaban J connectivity index is 2.34. The quantitative estimate of drug-likeness (QED) is 0.741. The number of rotatable bonds is 5. The standard InChI is InChI=1S/C11H17NO2/c1-2-10(13)11(14)6-5-9-4-3-7-12-8-9/h3-4,7-8,10-11,13-14H,2,5-6H2,1H3. The fraction of sp³-hybridized carbons (Fsp3) is 0.545. The molecule has 0 radical (unpaired) electrons. The molecule has 0 spiro atoms. The second-order valence-corrected chi connectivity index (χ2v) is 3.44. The minimum absolute atomic E-state index is 0.584. The van der Waals surface area contributed by atoms with Gasteiger partial charge in [0.1, 0.15) is 0 Å². The van der Waals surface area contributed by atoms with Crippen LogP contribution in [-0.2, 0) is 6.42 Å². The molecule has 1 aromatic rings. The number of pyridine rings is 1. The summed E-state index contributed by atoms with van der Waals surface area (Å²) in [5, 5.41) is 18.8. The molecule has 0 amide bonds. The summed E-state index contributed by atoms with van der Waals surface area (Å²) in [7, 11) is 0.